The molecule has 1 aliphatic heterocycles. The lowest BCUT2D eigenvalue weighted by molar-refractivity contribution is 0.318. The van der Waals surface area contributed by atoms with Crippen LogP contribution < -0.4 is 11.1 Å². The second kappa shape index (κ2) is 3.52. The first-order valence-corrected chi connectivity index (χ1v) is 4.81. The highest BCUT2D eigenvalue weighted by Crippen LogP contribution is 2.23. The zero-order valence-electron chi connectivity index (χ0n) is 7.92. The summed E-state index contributed by atoms with van der Waals surface area (Å²) in [5.74, 6) is 1.99. The van der Waals surface area contributed by atoms with Gasteiger partial charge in [0.15, 0.2) is 0 Å². The van der Waals surface area contributed by atoms with Gasteiger partial charge in [-0.05, 0) is 38.4 Å². The molecule has 3 N–H and O–H groups in total. The van der Waals surface area contributed by atoms with Crippen LogP contribution in [0.4, 0.5) is 0 Å². The van der Waals surface area contributed by atoms with Gasteiger partial charge in [0.05, 0.1) is 6.04 Å². The highest BCUT2D eigenvalue weighted by Gasteiger charge is 2.22. The Balaban J connectivity index is 2.08. The SMILES string of the molecule is Cc1ccc([C@@H]2C[C@H](N)CCN2)o1. The minimum absolute atomic E-state index is 0.316. The quantitative estimate of drug-likeness (QED) is 0.685. The van der Waals surface area contributed by atoms with Crippen molar-refractivity contribution < 1.29 is 4.42 Å². The number of piperidine rings is 1. The van der Waals surface area contributed by atoms with Gasteiger partial charge in [-0.25, -0.2) is 0 Å². The van der Waals surface area contributed by atoms with Gasteiger partial charge in [0.1, 0.15) is 11.5 Å². The van der Waals surface area contributed by atoms with Crippen molar-refractivity contribution in [1.82, 2.24) is 5.32 Å². The second-order valence-corrected chi connectivity index (χ2v) is 3.74. The van der Waals surface area contributed by atoms with Crippen LogP contribution in [0.3, 0.4) is 0 Å². The monoisotopic (exact) mass is 180 g/mol. The Hall–Kier alpha value is -0.800. The summed E-state index contributed by atoms with van der Waals surface area (Å²) in [5, 5.41) is 3.41. The predicted octanol–water partition coefficient (Wildman–Crippen LogP) is 1.34. The Bertz CT molecular complexity index is 282. The summed E-state index contributed by atoms with van der Waals surface area (Å²) >= 11 is 0. The molecule has 1 aromatic rings. The van der Waals surface area contributed by atoms with Gasteiger partial charge in [0, 0.05) is 6.04 Å². The Kier molecular flexibility index (Phi) is 2.38. The molecule has 0 unspecified atom stereocenters. The molecule has 0 aromatic carbocycles. The van der Waals surface area contributed by atoms with Gasteiger partial charge < -0.3 is 15.5 Å². The van der Waals surface area contributed by atoms with E-state index in [0.717, 1.165) is 30.9 Å². The zero-order chi connectivity index (χ0) is 9.26. The second-order valence-electron chi connectivity index (χ2n) is 3.74. The van der Waals surface area contributed by atoms with E-state index < -0.39 is 0 Å². The van der Waals surface area contributed by atoms with Crippen LogP contribution in [0.25, 0.3) is 0 Å². The standard InChI is InChI=1S/C10H16N2O/c1-7-2-3-10(13-7)9-6-8(11)4-5-12-9/h2-3,8-9,12H,4-6,11H2,1H3/t8-,9+/m1/s1. The molecule has 13 heavy (non-hydrogen) atoms. The van der Waals surface area contributed by atoms with Crippen LogP contribution in [-0.2, 0) is 0 Å². The molecule has 0 saturated carbocycles. The Morgan fingerprint density at radius 3 is 3.00 bits per heavy atom. The highest BCUT2D eigenvalue weighted by atomic mass is 16.3. The van der Waals surface area contributed by atoms with Gasteiger partial charge in [-0.3, -0.25) is 0 Å². The average Bonchev–Trinajstić information content (AvgIpc) is 2.52. The fourth-order valence-electron chi connectivity index (χ4n) is 1.80. The van der Waals surface area contributed by atoms with E-state index in [1.165, 1.54) is 0 Å². The minimum atomic E-state index is 0.316. The van der Waals surface area contributed by atoms with E-state index in [9.17, 15) is 0 Å². The van der Waals surface area contributed by atoms with Gasteiger partial charge in [0.2, 0.25) is 0 Å². The van der Waals surface area contributed by atoms with Crippen molar-refractivity contribution >= 4 is 0 Å². The molecular formula is C10H16N2O. The van der Waals surface area contributed by atoms with Crippen LogP contribution in [0.1, 0.15) is 30.4 Å². The van der Waals surface area contributed by atoms with Crippen molar-refractivity contribution in [3.8, 4) is 0 Å². The van der Waals surface area contributed by atoms with Crippen molar-refractivity contribution in [1.29, 1.82) is 0 Å². The summed E-state index contributed by atoms with van der Waals surface area (Å²) in [6.07, 6.45) is 2.04. The van der Waals surface area contributed by atoms with Crippen LogP contribution in [0.2, 0.25) is 0 Å². The Labute approximate surface area is 78.3 Å². The molecule has 2 heterocycles. The molecule has 0 bridgehead atoms. The van der Waals surface area contributed by atoms with E-state index in [-0.39, 0.29) is 0 Å². The van der Waals surface area contributed by atoms with E-state index >= 15 is 0 Å². The van der Waals surface area contributed by atoms with Crippen LogP contribution in [0.15, 0.2) is 16.5 Å². The molecule has 1 aliphatic rings. The van der Waals surface area contributed by atoms with Crippen LogP contribution in [-0.4, -0.2) is 12.6 Å². The maximum Gasteiger partial charge on any atom is 0.121 e. The molecule has 2 atom stereocenters. The molecule has 0 radical (unpaired) electrons. The first-order valence-electron chi connectivity index (χ1n) is 4.81. The number of rotatable bonds is 1. The normalized spacial score (nSPS) is 29.1. The summed E-state index contributed by atoms with van der Waals surface area (Å²) in [7, 11) is 0. The van der Waals surface area contributed by atoms with Crippen LogP contribution in [0.5, 0.6) is 0 Å². The molecular weight excluding hydrogens is 164 g/mol. The maximum absolute atomic E-state index is 5.89. The van der Waals surface area contributed by atoms with E-state index in [1.807, 2.05) is 19.1 Å². The van der Waals surface area contributed by atoms with Gasteiger partial charge in [-0.1, -0.05) is 0 Å². The van der Waals surface area contributed by atoms with Crippen LogP contribution in [0, 0.1) is 6.92 Å². The lowest BCUT2D eigenvalue weighted by atomic mass is 9.99. The molecule has 3 heteroatoms. The highest BCUT2D eigenvalue weighted by molar-refractivity contribution is 5.10. The summed E-state index contributed by atoms with van der Waals surface area (Å²) < 4.78 is 5.55. The van der Waals surface area contributed by atoms with Gasteiger partial charge >= 0.3 is 0 Å². The third-order valence-electron chi connectivity index (χ3n) is 2.55. The molecule has 0 aliphatic carbocycles. The molecule has 2 rings (SSSR count). The van der Waals surface area contributed by atoms with Crippen molar-refractivity contribution in [3.63, 3.8) is 0 Å². The topological polar surface area (TPSA) is 51.2 Å². The fourth-order valence-corrected chi connectivity index (χ4v) is 1.80. The van der Waals surface area contributed by atoms with E-state index in [0.29, 0.717) is 12.1 Å². The van der Waals surface area contributed by atoms with E-state index in [1.54, 1.807) is 0 Å². The Morgan fingerprint density at radius 1 is 1.54 bits per heavy atom. The number of nitrogens with two attached hydrogens (primary N) is 1. The van der Waals surface area contributed by atoms with Crippen molar-refractivity contribution in [2.45, 2.75) is 31.8 Å². The van der Waals surface area contributed by atoms with Crippen molar-refractivity contribution in [2.24, 2.45) is 5.73 Å². The molecule has 0 amide bonds. The number of hydrogen-bond donors (Lipinski definition) is 2. The van der Waals surface area contributed by atoms with E-state index in [2.05, 4.69) is 5.32 Å². The van der Waals surface area contributed by atoms with Gasteiger partial charge in [-0.2, -0.15) is 0 Å². The number of aryl methyl sites for hydroxylation is 1. The third kappa shape index (κ3) is 1.92. The van der Waals surface area contributed by atoms with Crippen molar-refractivity contribution in [2.75, 3.05) is 6.54 Å². The first kappa shape index (κ1) is 8.78. The van der Waals surface area contributed by atoms with Crippen LogP contribution >= 0.6 is 0 Å². The molecule has 0 spiro atoms. The molecule has 1 aromatic heterocycles. The summed E-state index contributed by atoms with van der Waals surface area (Å²) in [5.41, 5.74) is 5.89. The lowest BCUT2D eigenvalue weighted by Crippen LogP contribution is -2.38. The minimum Gasteiger partial charge on any atom is -0.465 e. The number of nitrogens with one attached hydrogen (secondary N) is 1. The zero-order valence-corrected chi connectivity index (χ0v) is 7.92. The smallest absolute Gasteiger partial charge is 0.121 e. The number of hydrogen-bond acceptors (Lipinski definition) is 3. The molecule has 72 valence electrons. The molecule has 3 nitrogen and oxygen atoms in total. The predicted molar refractivity (Wildman–Crippen MR) is 51.4 cm³/mol. The summed E-state index contributed by atoms with van der Waals surface area (Å²) in [4.78, 5) is 0. The van der Waals surface area contributed by atoms with Crippen molar-refractivity contribution in [3.05, 3.63) is 23.7 Å². The molecule has 1 saturated heterocycles. The maximum atomic E-state index is 5.89. The average molecular weight is 180 g/mol. The summed E-state index contributed by atoms with van der Waals surface area (Å²) in [6.45, 7) is 2.96. The molecule has 1 fully saturated rings. The lowest BCUT2D eigenvalue weighted by Gasteiger charge is -2.26. The first-order chi connectivity index (χ1) is 6.25. The Morgan fingerprint density at radius 2 is 2.38 bits per heavy atom. The van der Waals surface area contributed by atoms with Gasteiger partial charge in [-0.15, -0.1) is 0 Å². The van der Waals surface area contributed by atoms with Gasteiger partial charge in [0.25, 0.3) is 0 Å². The largest absolute Gasteiger partial charge is 0.465 e. The fraction of sp³-hybridized carbons (Fsp3) is 0.600. The summed E-state index contributed by atoms with van der Waals surface area (Å²) in [6, 6.07) is 4.66. The van der Waals surface area contributed by atoms with E-state index in [4.69, 9.17) is 10.2 Å². The third-order valence-corrected chi connectivity index (χ3v) is 2.55. The number of furan rings is 1.